The van der Waals surface area contributed by atoms with Crippen molar-refractivity contribution >= 4 is 21.8 Å². The molecular formula is C11H12BrNO. The zero-order valence-corrected chi connectivity index (χ0v) is 9.84. The Kier molecular flexibility index (Phi) is 2.35. The van der Waals surface area contributed by atoms with Crippen molar-refractivity contribution in [1.29, 1.82) is 0 Å². The van der Waals surface area contributed by atoms with E-state index in [-0.39, 0.29) is 5.60 Å². The fraction of sp³-hybridized carbons (Fsp3) is 0.364. The molecule has 0 spiro atoms. The highest BCUT2D eigenvalue weighted by Crippen LogP contribution is 2.21. The van der Waals surface area contributed by atoms with Crippen molar-refractivity contribution in [3.63, 3.8) is 0 Å². The normalized spacial score (nSPS) is 18.9. The van der Waals surface area contributed by atoms with Crippen LogP contribution in [0.2, 0.25) is 0 Å². The van der Waals surface area contributed by atoms with E-state index in [2.05, 4.69) is 20.9 Å². The Bertz CT molecular complexity index is 367. The maximum Gasteiger partial charge on any atom is 0.216 e. The fourth-order valence-electron chi connectivity index (χ4n) is 1.33. The van der Waals surface area contributed by atoms with E-state index in [4.69, 9.17) is 4.74 Å². The van der Waals surface area contributed by atoms with Crippen molar-refractivity contribution in [3.8, 4) is 0 Å². The van der Waals surface area contributed by atoms with Crippen molar-refractivity contribution in [3.05, 3.63) is 34.3 Å². The Hall–Kier alpha value is -0.830. The molecule has 1 aromatic carbocycles. The summed E-state index contributed by atoms with van der Waals surface area (Å²) in [7, 11) is 0. The number of rotatable bonds is 1. The SMILES string of the molecule is CC1(C)CN=C(c2ccc(Br)cc2)O1. The predicted octanol–water partition coefficient (Wildman–Crippen LogP) is 3.00. The van der Waals surface area contributed by atoms with Gasteiger partial charge < -0.3 is 4.74 Å². The molecule has 0 unspecified atom stereocenters. The first kappa shape index (κ1) is 9.71. The smallest absolute Gasteiger partial charge is 0.216 e. The van der Waals surface area contributed by atoms with Gasteiger partial charge in [0.1, 0.15) is 5.60 Å². The molecule has 1 aromatic rings. The van der Waals surface area contributed by atoms with Gasteiger partial charge in [-0.1, -0.05) is 15.9 Å². The Labute approximate surface area is 92.1 Å². The van der Waals surface area contributed by atoms with Crippen LogP contribution in [0, 0.1) is 0 Å². The van der Waals surface area contributed by atoms with Gasteiger partial charge >= 0.3 is 0 Å². The molecule has 74 valence electrons. The van der Waals surface area contributed by atoms with E-state index in [0.29, 0.717) is 0 Å². The second-order valence-electron chi connectivity index (χ2n) is 3.99. The third-order valence-electron chi connectivity index (χ3n) is 2.07. The molecule has 0 aliphatic carbocycles. The fourth-order valence-corrected chi connectivity index (χ4v) is 1.60. The van der Waals surface area contributed by atoms with Gasteiger partial charge in [0.05, 0.1) is 6.54 Å². The van der Waals surface area contributed by atoms with Gasteiger partial charge in [-0.3, -0.25) is 0 Å². The molecule has 0 radical (unpaired) electrons. The predicted molar refractivity (Wildman–Crippen MR) is 60.7 cm³/mol. The molecule has 0 atom stereocenters. The molecule has 14 heavy (non-hydrogen) atoms. The van der Waals surface area contributed by atoms with Crippen molar-refractivity contribution in [2.75, 3.05) is 6.54 Å². The summed E-state index contributed by atoms with van der Waals surface area (Å²) >= 11 is 3.40. The zero-order valence-electron chi connectivity index (χ0n) is 8.25. The maximum absolute atomic E-state index is 5.71. The van der Waals surface area contributed by atoms with E-state index in [1.54, 1.807) is 0 Å². The van der Waals surface area contributed by atoms with Crippen molar-refractivity contribution < 1.29 is 4.74 Å². The lowest BCUT2D eigenvalue weighted by molar-refractivity contribution is 0.131. The van der Waals surface area contributed by atoms with E-state index in [1.165, 1.54) is 0 Å². The zero-order chi connectivity index (χ0) is 10.2. The molecule has 2 rings (SSSR count). The summed E-state index contributed by atoms with van der Waals surface area (Å²) in [5, 5.41) is 0. The Morgan fingerprint density at radius 3 is 2.43 bits per heavy atom. The second-order valence-corrected chi connectivity index (χ2v) is 4.91. The first-order valence-corrected chi connectivity index (χ1v) is 5.35. The lowest BCUT2D eigenvalue weighted by Gasteiger charge is -2.17. The van der Waals surface area contributed by atoms with E-state index in [1.807, 2.05) is 38.1 Å². The number of nitrogens with zero attached hydrogens (tertiary/aromatic N) is 1. The highest BCUT2D eigenvalue weighted by Gasteiger charge is 2.27. The van der Waals surface area contributed by atoms with Crippen LogP contribution in [0.1, 0.15) is 19.4 Å². The summed E-state index contributed by atoms with van der Waals surface area (Å²) in [6, 6.07) is 7.99. The van der Waals surface area contributed by atoms with Gasteiger partial charge in [0.25, 0.3) is 0 Å². The highest BCUT2D eigenvalue weighted by molar-refractivity contribution is 9.10. The summed E-state index contributed by atoms with van der Waals surface area (Å²) in [6.45, 7) is 4.82. The molecule has 1 aliphatic rings. The summed E-state index contributed by atoms with van der Waals surface area (Å²) in [5.41, 5.74) is 0.890. The third-order valence-corrected chi connectivity index (χ3v) is 2.60. The molecule has 0 saturated heterocycles. The summed E-state index contributed by atoms with van der Waals surface area (Å²) < 4.78 is 6.78. The van der Waals surface area contributed by atoms with Gasteiger partial charge in [-0.15, -0.1) is 0 Å². The number of hydrogen-bond acceptors (Lipinski definition) is 2. The average molecular weight is 254 g/mol. The monoisotopic (exact) mass is 253 g/mol. The molecule has 0 aromatic heterocycles. The number of aliphatic imine (C=N–C) groups is 1. The Morgan fingerprint density at radius 2 is 1.93 bits per heavy atom. The van der Waals surface area contributed by atoms with Crippen LogP contribution in [-0.2, 0) is 4.74 Å². The molecule has 0 bridgehead atoms. The largest absolute Gasteiger partial charge is 0.469 e. The molecule has 0 amide bonds. The Balaban J connectivity index is 2.22. The molecule has 2 nitrogen and oxygen atoms in total. The van der Waals surface area contributed by atoms with E-state index >= 15 is 0 Å². The van der Waals surface area contributed by atoms with Gasteiger partial charge in [0.15, 0.2) is 0 Å². The van der Waals surface area contributed by atoms with Gasteiger partial charge in [-0.05, 0) is 38.1 Å². The maximum atomic E-state index is 5.71. The minimum atomic E-state index is -0.150. The van der Waals surface area contributed by atoms with Crippen molar-refractivity contribution in [2.24, 2.45) is 4.99 Å². The third kappa shape index (κ3) is 1.98. The number of benzene rings is 1. The first-order chi connectivity index (χ1) is 6.57. The summed E-state index contributed by atoms with van der Waals surface area (Å²) in [6.07, 6.45) is 0. The van der Waals surface area contributed by atoms with Gasteiger partial charge in [-0.25, -0.2) is 4.99 Å². The number of ether oxygens (including phenoxy) is 1. The molecular weight excluding hydrogens is 242 g/mol. The van der Waals surface area contributed by atoms with Crippen LogP contribution in [0.5, 0.6) is 0 Å². The van der Waals surface area contributed by atoms with Crippen LogP contribution in [0.25, 0.3) is 0 Å². The van der Waals surface area contributed by atoms with E-state index < -0.39 is 0 Å². The molecule has 0 fully saturated rings. The van der Waals surface area contributed by atoms with Gasteiger partial charge in [-0.2, -0.15) is 0 Å². The van der Waals surface area contributed by atoms with Gasteiger partial charge in [0, 0.05) is 10.0 Å². The average Bonchev–Trinajstić information content (AvgIpc) is 2.47. The van der Waals surface area contributed by atoms with Crippen molar-refractivity contribution in [2.45, 2.75) is 19.4 Å². The molecule has 3 heteroatoms. The lowest BCUT2D eigenvalue weighted by Crippen LogP contribution is -2.24. The molecule has 1 heterocycles. The number of hydrogen-bond donors (Lipinski definition) is 0. The number of halogens is 1. The van der Waals surface area contributed by atoms with Crippen LogP contribution in [-0.4, -0.2) is 18.0 Å². The van der Waals surface area contributed by atoms with E-state index in [9.17, 15) is 0 Å². The van der Waals surface area contributed by atoms with Crippen LogP contribution in [0.4, 0.5) is 0 Å². The van der Waals surface area contributed by atoms with Crippen LogP contribution in [0.15, 0.2) is 33.7 Å². The van der Waals surface area contributed by atoms with Crippen LogP contribution >= 0.6 is 15.9 Å². The topological polar surface area (TPSA) is 21.6 Å². The minimum Gasteiger partial charge on any atom is -0.469 e. The molecule has 0 N–H and O–H groups in total. The highest BCUT2D eigenvalue weighted by atomic mass is 79.9. The van der Waals surface area contributed by atoms with Crippen LogP contribution < -0.4 is 0 Å². The summed E-state index contributed by atoms with van der Waals surface area (Å²) in [5.74, 6) is 0.752. The molecule has 1 aliphatic heterocycles. The Morgan fingerprint density at radius 1 is 1.29 bits per heavy atom. The lowest BCUT2D eigenvalue weighted by atomic mass is 10.1. The second kappa shape index (κ2) is 3.39. The molecule has 0 saturated carbocycles. The van der Waals surface area contributed by atoms with Gasteiger partial charge in [0.2, 0.25) is 5.90 Å². The summed E-state index contributed by atoms with van der Waals surface area (Å²) in [4.78, 5) is 4.37. The quantitative estimate of drug-likeness (QED) is 0.754. The minimum absolute atomic E-state index is 0.150. The van der Waals surface area contributed by atoms with Crippen molar-refractivity contribution in [1.82, 2.24) is 0 Å². The first-order valence-electron chi connectivity index (χ1n) is 4.56. The van der Waals surface area contributed by atoms with Crippen LogP contribution in [0.3, 0.4) is 0 Å². The van der Waals surface area contributed by atoms with E-state index in [0.717, 1.165) is 22.5 Å². The standard InChI is InChI=1S/C11H12BrNO/c1-11(2)7-13-10(14-11)8-3-5-9(12)6-4-8/h3-6H,7H2,1-2H3.